The Morgan fingerprint density at radius 1 is 1.00 bits per heavy atom. The van der Waals surface area contributed by atoms with Crippen LogP contribution in [0.15, 0.2) is 54.6 Å². The first-order valence-electron chi connectivity index (χ1n) is 5.74. The average Bonchev–Trinajstić information content (AvgIpc) is 2.36. The Labute approximate surface area is 111 Å². The van der Waals surface area contributed by atoms with Crippen LogP contribution in [0.4, 0.5) is 11.4 Å². The van der Waals surface area contributed by atoms with Crippen molar-refractivity contribution in [2.24, 2.45) is 0 Å². The number of carbonyl (C=O) groups is 1. The highest BCUT2D eigenvalue weighted by Crippen LogP contribution is 2.15. The van der Waals surface area contributed by atoms with Crippen LogP contribution in [0, 0.1) is 0 Å². The molecule has 0 saturated carbocycles. The van der Waals surface area contributed by atoms with Crippen LogP contribution in [0.1, 0.15) is 5.56 Å². The SMILES string of the molecule is Nc1cccc(/C=C/C(=O)Oc2cccc(N)c2)c1. The molecule has 0 amide bonds. The Morgan fingerprint density at radius 2 is 1.68 bits per heavy atom. The zero-order valence-electron chi connectivity index (χ0n) is 10.2. The van der Waals surface area contributed by atoms with Gasteiger partial charge in [0.25, 0.3) is 0 Å². The lowest BCUT2D eigenvalue weighted by atomic mass is 10.2. The highest BCUT2D eigenvalue weighted by atomic mass is 16.5. The summed E-state index contributed by atoms with van der Waals surface area (Å²) in [5.74, 6) is -0.0461. The molecular weight excluding hydrogens is 240 g/mol. The van der Waals surface area contributed by atoms with Gasteiger partial charge in [0.05, 0.1) is 0 Å². The van der Waals surface area contributed by atoms with Gasteiger partial charge < -0.3 is 16.2 Å². The summed E-state index contributed by atoms with van der Waals surface area (Å²) in [6, 6.07) is 13.9. The van der Waals surface area contributed by atoms with Crippen LogP contribution < -0.4 is 16.2 Å². The van der Waals surface area contributed by atoms with Gasteiger partial charge in [0, 0.05) is 23.5 Å². The molecule has 0 atom stereocenters. The van der Waals surface area contributed by atoms with E-state index in [2.05, 4.69) is 0 Å². The lowest BCUT2D eigenvalue weighted by Crippen LogP contribution is -2.03. The number of hydrogen-bond donors (Lipinski definition) is 2. The first kappa shape index (κ1) is 12.7. The van der Waals surface area contributed by atoms with E-state index < -0.39 is 5.97 Å². The Morgan fingerprint density at radius 3 is 2.37 bits per heavy atom. The summed E-state index contributed by atoms with van der Waals surface area (Å²) in [4.78, 5) is 11.6. The van der Waals surface area contributed by atoms with Gasteiger partial charge in [0.1, 0.15) is 5.75 Å². The summed E-state index contributed by atoms with van der Waals surface area (Å²) < 4.78 is 5.11. The van der Waals surface area contributed by atoms with E-state index in [4.69, 9.17) is 16.2 Å². The predicted molar refractivity (Wildman–Crippen MR) is 76.4 cm³/mol. The molecule has 2 aromatic rings. The lowest BCUT2D eigenvalue weighted by molar-refractivity contribution is -0.128. The van der Waals surface area contributed by atoms with E-state index in [9.17, 15) is 4.79 Å². The van der Waals surface area contributed by atoms with Crippen molar-refractivity contribution in [2.75, 3.05) is 11.5 Å². The van der Waals surface area contributed by atoms with Crippen molar-refractivity contribution in [2.45, 2.75) is 0 Å². The van der Waals surface area contributed by atoms with Gasteiger partial charge >= 0.3 is 5.97 Å². The minimum Gasteiger partial charge on any atom is -0.423 e. The number of ether oxygens (including phenoxy) is 1. The van der Waals surface area contributed by atoms with Crippen molar-refractivity contribution in [1.29, 1.82) is 0 Å². The number of benzene rings is 2. The molecule has 0 bridgehead atoms. The summed E-state index contributed by atoms with van der Waals surface area (Å²) in [7, 11) is 0. The standard InChI is InChI=1S/C15H14N2O2/c16-12-4-1-3-11(9-12)7-8-15(18)19-14-6-2-5-13(17)10-14/h1-10H,16-17H2/b8-7+. The highest BCUT2D eigenvalue weighted by Gasteiger charge is 2.00. The summed E-state index contributed by atoms with van der Waals surface area (Å²) in [6.07, 6.45) is 2.99. The van der Waals surface area contributed by atoms with Crippen LogP contribution in [0.5, 0.6) is 5.75 Å². The number of anilines is 2. The second-order valence-corrected chi connectivity index (χ2v) is 4.00. The molecule has 19 heavy (non-hydrogen) atoms. The van der Waals surface area contributed by atoms with Crippen molar-refractivity contribution >= 4 is 23.4 Å². The van der Waals surface area contributed by atoms with E-state index in [-0.39, 0.29) is 0 Å². The van der Waals surface area contributed by atoms with Gasteiger partial charge in [-0.05, 0) is 35.9 Å². The zero-order chi connectivity index (χ0) is 13.7. The van der Waals surface area contributed by atoms with Gasteiger partial charge in [-0.15, -0.1) is 0 Å². The molecule has 0 aromatic heterocycles. The maximum Gasteiger partial charge on any atom is 0.336 e. The summed E-state index contributed by atoms with van der Waals surface area (Å²) >= 11 is 0. The summed E-state index contributed by atoms with van der Waals surface area (Å²) in [5.41, 5.74) is 13.3. The molecule has 0 aliphatic heterocycles. The molecule has 0 heterocycles. The average molecular weight is 254 g/mol. The van der Waals surface area contributed by atoms with Crippen molar-refractivity contribution in [3.63, 3.8) is 0 Å². The molecule has 0 aliphatic carbocycles. The number of nitrogen functional groups attached to an aromatic ring is 2. The fourth-order valence-corrected chi connectivity index (χ4v) is 1.56. The fraction of sp³-hybridized carbons (Fsp3) is 0. The fourth-order valence-electron chi connectivity index (χ4n) is 1.56. The normalized spacial score (nSPS) is 10.5. The molecule has 0 aliphatic rings. The first-order chi connectivity index (χ1) is 9.13. The Bertz CT molecular complexity index is 621. The lowest BCUT2D eigenvalue weighted by Gasteiger charge is -2.01. The monoisotopic (exact) mass is 254 g/mol. The highest BCUT2D eigenvalue weighted by molar-refractivity contribution is 5.88. The third-order valence-corrected chi connectivity index (χ3v) is 2.40. The van der Waals surface area contributed by atoms with Crippen LogP contribution in [0.2, 0.25) is 0 Å². The Hall–Kier alpha value is -2.75. The third kappa shape index (κ3) is 3.89. The minimum absolute atomic E-state index is 0.419. The Kier molecular flexibility index (Phi) is 3.83. The van der Waals surface area contributed by atoms with E-state index in [1.165, 1.54) is 6.08 Å². The van der Waals surface area contributed by atoms with Crippen LogP contribution in [0.25, 0.3) is 6.08 Å². The number of esters is 1. The van der Waals surface area contributed by atoms with E-state index in [0.717, 1.165) is 5.56 Å². The van der Waals surface area contributed by atoms with Gasteiger partial charge in [0.2, 0.25) is 0 Å². The number of rotatable bonds is 3. The largest absolute Gasteiger partial charge is 0.423 e. The van der Waals surface area contributed by atoms with Crippen molar-refractivity contribution in [3.8, 4) is 5.75 Å². The van der Waals surface area contributed by atoms with E-state index in [1.807, 2.05) is 12.1 Å². The molecule has 2 rings (SSSR count). The summed E-state index contributed by atoms with van der Waals surface area (Å²) in [6.45, 7) is 0. The number of hydrogen-bond acceptors (Lipinski definition) is 4. The molecule has 0 radical (unpaired) electrons. The molecule has 2 aromatic carbocycles. The maximum atomic E-state index is 11.6. The molecule has 0 unspecified atom stereocenters. The topological polar surface area (TPSA) is 78.3 Å². The van der Waals surface area contributed by atoms with E-state index >= 15 is 0 Å². The van der Waals surface area contributed by atoms with Gasteiger partial charge in [-0.3, -0.25) is 0 Å². The molecule has 4 N–H and O–H groups in total. The molecule has 96 valence electrons. The first-order valence-corrected chi connectivity index (χ1v) is 5.74. The van der Waals surface area contributed by atoms with Crippen molar-refractivity contribution in [3.05, 3.63) is 60.2 Å². The predicted octanol–water partition coefficient (Wildman–Crippen LogP) is 2.47. The molecular formula is C15H14N2O2. The van der Waals surface area contributed by atoms with Crippen LogP contribution in [-0.2, 0) is 4.79 Å². The van der Waals surface area contributed by atoms with Crippen LogP contribution >= 0.6 is 0 Å². The Balaban J connectivity index is 2.01. The minimum atomic E-state index is -0.465. The number of carbonyl (C=O) groups excluding carboxylic acids is 1. The molecule has 4 heteroatoms. The molecule has 4 nitrogen and oxygen atoms in total. The van der Waals surface area contributed by atoms with Crippen molar-refractivity contribution < 1.29 is 9.53 Å². The van der Waals surface area contributed by atoms with Crippen LogP contribution in [0.3, 0.4) is 0 Å². The second kappa shape index (κ2) is 5.73. The van der Waals surface area contributed by atoms with Gasteiger partial charge in [-0.25, -0.2) is 4.79 Å². The zero-order valence-corrected chi connectivity index (χ0v) is 10.2. The van der Waals surface area contributed by atoms with Crippen molar-refractivity contribution in [1.82, 2.24) is 0 Å². The quantitative estimate of drug-likeness (QED) is 0.382. The van der Waals surface area contributed by atoms with Gasteiger partial charge in [-0.2, -0.15) is 0 Å². The molecule has 0 spiro atoms. The van der Waals surface area contributed by atoms with E-state index in [1.54, 1.807) is 42.5 Å². The molecule has 0 saturated heterocycles. The summed E-state index contributed by atoms with van der Waals surface area (Å²) in [5, 5.41) is 0. The van der Waals surface area contributed by atoms with Gasteiger partial charge in [-0.1, -0.05) is 18.2 Å². The van der Waals surface area contributed by atoms with Crippen LogP contribution in [-0.4, -0.2) is 5.97 Å². The third-order valence-electron chi connectivity index (χ3n) is 2.40. The smallest absolute Gasteiger partial charge is 0.336 e. The molecule has 0 fully saturated rings. The van der Waals surface area contributed by atoms with Gasteiger partial charge in [0.15, 0.2) is 0 Å². The van der Waals surface area contributed by atoms with E-state index in [0.29, 0.717) is 17.1 Å². The maximum absolute atomic E-state index is 11.6. The number of nitrogens with two attached hydrogens (primary N) is 2. The second-order valence-electron chi connectivity index (χ2n) is 4.00.